The van der Waals surface area contributed by atoms with Gasteiger partial charge >= 0.3 is 0 Å². The third kappa shape index (κ3) is 12.0. The van der Waals surface area contributed by atoms with Crippen LogP contribution in [0.3, 0.4) is 0 Å². The van der Waals surface area contributed by atoms with E-state index in [-0.39, 0.29) is 12.4 Å². The lowest BCUT2D eigenvalue weighted by Gasteiger charge is -2.09. The van der Waals surface area contributed by atoms with Gasteiger partial charge in [0, 0.05) is 10.5 Å². The van der Waals surface area contributed by atoms with Crippen molar-refractivity contribution in [3.63, 3.8) is 0 Å². The van der Waals surface area contributed by atoms with Gasteiger partial charge in [0.15, 0.2) is 0 Å². The molecule has 0 aromatic heterocycles. The average Bonchev–Trinajstić information content (AvgIpc) is 2.70. The first-order valence-corrected chi connectivity index (χ1v) is 12.3. The minimum absolute atomic E-state index is 0.113. The number of phenols is 1. The molecule has 0 aliphatic heterocycles. The number of thiol groups is 1. The van der Waals surface area contributed by atoms with Gasteiger partial charge in [-0.3, -0.25) is 0 Å². The SMILES string of the molecule is CCCCCCCCCCCCCCCCCCc1cc(S)c(O)c(CO)c1. The Balaban J connectivity index is 1.89. The summed E-state index contributed by atoms with van der Waals surface area (Å²) < 4.78 is 0. The summed E-state index contributed by atoms with van der Waals surface area (Å²) in [6.07, 6.45) is 23.1. The molecule has 2 N–H and O–H groups in total. The molecule has 1 aromatic rings. The number of aromatic hydroxyl groups is 1. The number of aliphatic hydroxyl groups excluding tert-OH is 1. The van der Waals surface area contributed by atoms with Crippen LogP contribution in [0.2, 0.25) is 0 Å². The van der Waals surface area contributed by atoms with E-state index in [9.17, 15) is 10.2 Å². The molecule has 0 saturated carbocycles. The second kappa shape index (κ2) is 17.2. The monoisotopic (exact) mass is 408 g/mol. The number of aryl methyl sites for hydroxylation is 1. The first-order chi connectivity index (χ1) is 13.7. The van der Waals surface area contributed by atoms with Crippen molar-refractivity contribution in [2.75, 3.05) is 0 Å². The predicted octanol–water partition coefficient (Wildman–Crippen LogP) is 7.98. The summed E-state index contributed by atoms with van der Waals surface area (Å²) in [5.41, 5.74) is 1.75. The van der Waals surface area contributed by atoms with E-state index >= 15 is 0 Å². The highest BCUT2D eigenvalue weighted by Gasteiger charge is 2.06. The van der Waals surface area contributed by atoms with Crippen LogP contribution in [0.5, 0.6) is 5.75 Å². The van der Waals surface area contributed by atoms with E-state index in [1.54, 1.807) is 0 Å². The molecule has 0 spiro atoms. The molecule has 0 heterocycles. The van der Waals surface area contributed by atoms with Crippen molar-refractivity contribution in [1.29, 1.82) is 0 Å². The zero-order valence-corrected chi connectivity index (χ0v) is 19.1. The van der Waals surface area contributed by atoms with Crippen LogP contribution in [0.25, 0.3) is 0 Å². The molecule has 162 valence electrons. The first kappa shape index (κ1) is 25.4. The van der Waals surface area contributed by atoms with Crippen LogP contribution in [-0.2, 0) is 13.0 Å². The smallest absolute Gasteiger partial charge is 0.134 e. The Morgan fingerprint density at radius 2 is 1.11 bits per heavy atom. The van der Waals surface area contributed by atoms with E-state index in [2.05, 4.69) is 19.6 Å². The largest absolute Gasteiger partial charge is 0.506 e. The Labute approximate surface area is 179 Å². The minimum atomic E-state index is -0.133. The quantitative estimate of drug-likeness (QED) is 0.170. The zero-order chi connectivity index (χ0) is 20.5. The van der Waals surface area contributed by atoms with Crippen molar-refractivity contribution in [3.05, 3.63) is 23.3 Å². The maximum Gasteiger partial charge on any atom is 0.134 e. The number of benzene rings is 1. The number of rotatable bonds is 18. The van der Waals surface area contributed by atoms with Crippen LogP contribution in [0.4, 0.5) is 0 Å². The van der Waals surface area contributed by atoms with Crippen molar-refractivity contribution >= 4 is 12.6 Å². The molecule has 3 heteroatoms. The molecular formula is C25H44O2S. The van der Waals surface area contributed by atoms with Crippen molar-refractivity contribution in [3.8, 4) is 5.75 Å². The molecule has 0 atom stereocenters. The molecule has 0 unspecified atom stereocenters. The van der Waals surface area contributed by atoms with Crippen LogP contribution in [0, 0.1) is 0 Å². The van der Waals surface area contributed by atoms with Crippen molar-refractivity contribution in [1.82, 2.24) is 0 Å². The maximum atomic E-state index is 9.80. The second-order valence-corrected chi connectivity index (χ2v) is 8.82. The van der Waals surface area contributed by atoms with Gasteiger partial charge in [-0.25, -0.2) is 0 Å². The normalized spacial score (nSPS) is 11.2. The van der Waals surface area contributed by atoms with E-state index in [0.29, 0.717) is 10.5 Å². The summed E-state index contributed by atoms with van der Waals surface area (Å²) in [5.74, 6) is 0.113. The standard InChI is InChI=1S/C25H44O2S/c1-2-3-4-5-6-7-8-9-10-11-12-13-14-15-16-17-18-22-19-23(21-26)25(27)24(28)20-22/h19-20,26-28H,2-18,21H2,1H3. The number of hydrogen-bond acceptors (Lipinski definition) is 3. The number of hydrogen-bond donors (Lipinski definition) is 3. The lowest BCUT2D eigenvalue weighted by atomic mass is 10.0. The molecule has 0 aliphatic rings. The lowest BCUT2D eigenvalue weighted by molar-refractivity contribution is 0.274. The summed E-state index contributed by atoms with van der Waals surface area (Å²) in [6, 6.07) is 3.82. The molecule has 0 aliphatic carbocycles. The Kier molecular flexibility index (Phi) is 15.6. The van der Waals surface area contributed by atoms with Crippen molar-refractivity contribution < 1.29 is 10.2 Å². The Morgan fingerprint density at radius 3 is 1.54 bits per heavy atom. The highest BCUT2D eigenvalue weighted by molar-refractivity contribution is 7.80. The van der Waals surface area contributed by atoms with Gasteiger partial charge in [0.25, 0.3) is 0 Å². The fraction of sp³-hybridized carbons (Fsp3) is 0.760. The van der Waals surface area contributed by atoms with Gasteiger partial charge in [0.2, 0.25) is 0 Å². The molecule has 0 radical (unpaired) electrons. The zero-order valence-electron chi connectivity index (χ0n) is 18.2. The van der Waals surface area contributed by atoms with E-state index < -0.39 is 0 Å². The third-order valence-corrected chi connectivity index (χ3v) is 6.06. The van der Waals surface area contributed by atoms with E-state index in [1.165, 1.54) is 103 Å². The average molecular weight is 409 g/mol. The van der Waals surface area contributed by atoms with Gasteiger partial charge in [0.05, 0.1) is 6.61 Å². The van der Waals surface area contributed by atoms with Crippen molar-refractivity contribution in [2.24, 2.45) is 0 Å². The number of unbranched alkanes of at least 4 members (excludes halogenated alkanes) is 15. The fourth-order valence-electron chi connectivity index (χ4n) is 3.88. The number of aliphatic hydroxyl groups is 1. The minimum Gasteiger partial charge on any atom is -0.506 e. The van der Waals surface area contributed by atoms with E-state index in [0.717, 1.165) is 12.0 Å². The van der Waals surface area contributed by atoms with E-state index in [1.807, 2.05) is 12.1 Å². The highest BCUT2D eigenvalue weighted by Crippen LogP contribution is 2.28. The highest BCUT2D eigenvalue weighted by atomic mass is 32.1. The van der Waals surface area contributed by atoms with Gasteiger partial charge in [-0.15, -0.1) is 12.6 Å². The van der Waals surface area contributed by atoms with Gasteiger partial charge < -0.3 is 10.2 Å². The first-order valence-electron chi connectivity index (χ1n) is 11.8. The predicted molar refractivity (Wildman–Crippen MR) is 125 cm³/mol. The summed E-state index contributed by atoms with van der Waals surface area (Å²) in [7, 11) is 0. The third-order valence-electron chi connectivity index (χ3n) is 5.72. The molecule has 0 saturated heterocycles. The van der Waals surface area contributed by atoms with Crippen LogP contribution in [0.15, 0.2) is 17.0 Å². The van der Waals surface area contributed by atoms with Gasteiger partial charge in [0.1, 0.15) is 5.75 Å². The van der Waals surface area contributed by atoms with Crippen molar-refractivity contribution in [2.45, 2.75) is 128 Å². The molecule has 0 amide bonds. The summed E-state index contributed by atoms with van der Waals surface area (Å²) in [5, 5.41) is 19.1. The molecule has 1 aromatic carbocycles. The topological polar surface area (TPSA) is 40.5 Å². The fourth-order valence-corrected chi connectivity index (χ4v) is 4.19. The Morgan fingerprint density at radius 1 is 0.679 bits per heavy atom. The Bertz CT molecular complexity index is 502. The summed E-state index contributed by atoms with van der Waals surface area (Å²) in [4.78, 5) is 0.568. The van der Waals surface area contributed by atoms with Crippen LogP contribution in [-0.4, -0.2) is 10.2 Å². The molecule has 28 heavy (non-hydrogen) atoms. The van der Waals surface area contributed by atoms with Crippen LogP contribution in [0.1, 0.15) is 121 Å². The molecule has 1 rings (SSSR count). The molecule has 0 fully saturated rings. The molecule has 2 nitrogen and oxygen atoms in total. The van der Waals surface area contributed by atoms with Gasteiger partial charge in [-0.1, -0.05) is 103 Å². The lowest BCUT2D eigenvalue weighted by Crippen LogP contribution is -1.92. The molecular weight excluding hydrogens is 364 g/mol. The van der Waals surface area contributed by atoms with Crippen LogP contribution >= 0.6 is 12.6 Å². The molecule has 0 bridgehead atoms. The maximum absolute atomic E-state index is 9.80. The van der Waals surface area contributed by atoms with E-state index in [4.69, 9.17) is 0 Å². The van der Waals surface area contributed by atoms with Crippen LogP contribution < -0.4 is 0 Å². The van der Waals surface area contributed by atoms with Gasteiger partial charge in [-0.05, 0) is 30.5 Å². The second-order valence-electron chi connectivity index (χ2n) is 8.33. The Hall–Kier alpha value is -0.670. The summed E-state index contributed by atoms with van der Waals surface area (Å²) >= 11 is 4.28. The summed E-state index contributed by atoms with van der Waals surface area (Å²) in [6.45, 7) is 2.15. The van der Waals surface area contributed by atoms with Gasteiger partial charge in [-0.2, -0.15) is 0 Å².